The first-order valence-electron chi connectivity index (χ1n) is 11.9. The van der Waals surface area contributed by atoms with Crippen molar-refractivity contribution in [3.05, 3.63) is 53.6 Å². The van der Waals surface area contributed by atoms with E-state index in [1.165, 1.54) is 5.56 Å². The molecule has 2 aromatic rings. The quantitative estimate of drug-likeness (QED) is 0.690. The number of amides is 2. The standard InChI is InChI=1S/C26H32N2O4/c29-22-8-3-18(4-9-22)1-2-19-11-13-28(14-12-19)26(30)27-25(20-5-6-20)21-7-10-23-24(17-21)32-16-15-31-23/h3-4,7-10,17,19-20,25,29H,1-2,5-6,11-16H2,(H,27,30)/t25-/m1/s1. The van der Waals surface area contributed by atoms with Gasteiger partial charge in [-0.2, -0.15) is 0 Å². The molecule has 0 spiro atoms. The van der Waals surface area contributed by atoms with Gasteiger partial charge in [-0.3, -0.25) is 0 Å². The van der Waals surface area contributed by atoms with Crippen LogP contribution in [0.5, 0.6) is 17.2 Å². The number of hydrogen-bond acceptors (Lipinski definition) is 4. The lowest BCUT2D eigenvalue weighted by Crippen LogP contribution is -2.46. The van der Waals surface area contributed by atoms with Crippen LogP contribution >= 0.6 is 0 Å². The molecule has 6 heteroatoms. The predicted molar refractivity (Wildman–Crippen MR) is 122 cm³/mol. The van der Waals surface area contributed by atoms with Crippen LogP contribution in [0.2, 0.25) is 0 Å². The number of rotatable bonds is 6. The van der Waals surface area contributed by atoms with Crippen LogP contribution in [0.25, 0.3) is 0 Å². The van der Waals surface area contributed by atoms with Crippen LogP contribution < -0.4 is 14.8 Å². The van der Waals surface area contributed by atoms with Crippen molar-refractivity contribution in [2.75, 3.05) is 26.3 Å². The molecule has 1 saturated carbocycles. The molecule has 2 N–H and O–H groups in total. The third-order valence-electron chi connectivity index (χ3n) is 6.98. The molecule has 2 heterocycles. The zero-order valence-corrected chi connectivity index (χ0v) is 18.5. The second-order valence-corrected chi connectivity index (χ2v) is 9.30. The van der Waals surface area contributed by atoms with Gasteiger partial charge in [0.25, 0.3) is 0 Å². The van der Waals surface area contributed by atoms with Crippen molar-refractivity contribution in [2.45, 2.75) is 44.6 Å². The molecule has 6 nitrogen and oxygen atoms in total. The predicted octanol–water partition coefficient (Wildman–Crippen LogP) is 4.67. The smallest absolute Gasteiger partial charge is 0.317 e. The summed E-state index contributed by atoms with van der Waals surface area (Å²) in [6.07, 6.45) is 6.54. The molecule has 32 heavy (non-hydrogen) atoms. The van der Waals surface area contributed by atoms with Gasteiger partial charge < -0.3 is 24.8 Å². The largest absolute Gasteiger partial charge is 0.508 e. The summed E-state index contributed by atoms with van der Waals surface area (Å²) in [4.78, 5) is 15.0. The average molecular weight is 437 g/mol. The highest BCUT2D eigenvalue weighted by atomic mass is 16.6. The normalized spacial score (nSPS) is 19.4. The number of phenolic OH excluding ortho intramolecular Hbond substituents is 1. The first-order chi connectivity index (χ1) is 15.7. The van der Waals surface area contributed by atoms with E-state index < -0.39 is 0 Å². The van der Waals surface area contributed by atoms with Crippen LogP contribution in [0.3, 0.4) is 0 Å². The Kier molecular flexibility index (Phi) is 6.10. The molecule has 0 bridgehead atoms. The van der Waals surface area contributed by atoms with Crippen molar-refractivity contribution in [3.8, 4) is 17.2 Å². The molecule has 170 valence electrons. The highest BCUT2D eigenvalue weighted by Gasteiger charge is 2.35. The summed E-state index contributed by atoms with van der Waals surface area (Å²) in [5.74, 6) is 3.03. The van der Waals surface area contributed by atoms with Crippen LogP contribution in [0.4, 0.5) is 4.79 Å². The Labute approximate surface area is 189 Å². The lowest BCUT2D eigenvalue weighted by molar-refractivity contribution is 0.163. The van der Waals surface area contributed by atoms with Crippen LogP contribution in [0, 0.1) is 11.8 Å². The molecule has 2 aromatic carbocycles. The van der Waals surface area contributed by atoms with Crippen molar-refractivity contribution < 1.29 is 19.4 Å². The van der Waals surface area contributed by atoms with Crippen LogP contribution in [-0.4, -0.2) is 42.3 Å². The number of urea groups is 1. The minimum absolute atomic E-state index is 0.0329. The summed E-state index contributed by atoms with van der Waals surface area (Å²) in [5, 5.41) is 12.7. The fourth-order valence-electron chi connectivity index (χ4n) is 4.84. The number of carbonyl (C=O) groups is 1. The third-order valence-corrected chi connectivity index (χ3v) is 6.98. The van der Waals surface area contributed by atoms with Gasteiger partial charge in [0.05, 0.1) is 6.04 Å². The average Bonchev–Trinajstić information content (AvgIpc) is 3.67. The molecular formula is C26H32N2O4. The van der Waals surface area contributed by atoms with Gasteiger partial charge in [0.2, 0.25) is 0 Å². The Hall–Kier alpha value is -2.89. The van der Waals surface area contributed by atoms with Crippen molar-refractivity contribution in [2.24, 2.45) is 11.8 Å². The number of benzene rings is 2. The second kappa shape index (κ2) is 9.31. The maximum atomic E-state index is 13.1. The maximum Gasteiger partial charge on any atom is 0.317 e. The molecule has 0 aromatic heterocycles. The van der Waals surface area contributed by atoms with E-state index in [-0.39, 0.29) is 12.1 Å². The molecule has 3 aliphatic rings. The van der Waals surface area contributed by atoms with Crippen LogP contribution in [0.1, 0.15) is 49.3 Å². The zero-order chi connectivity index (χ0) is 21.9. The van der Waals surface area contributed by atoms with Gasteiger partial charge in [0.1, 0.15) is 19.0 Å². The SMILES string of the molecule is O=C(N[C@@H](c1ccc2c(c1)OCCO2)C1CC1)N1CCC(CCc2ccc(O)cc2)CC1. The van der Waals surface area contributed by atoms with Gasteiger partial charge in [0, 0.05) is 13.1 Å². The fourth-order valence-corrected chi connectivity index (χ4v) is 4.84. The Morgan fingerprint density at radius 2 is 1.72 bits per heavy atom. The number of nitrogens with one attached hydrogen (secondary N) is 1. The first kappa shape index (κ1) is 21.0. The van der Waals surface area contributed by atoms with Crippen molar-refractivity contribution >= 4 is 6.03 Å². The molecule has 2 fully saturated rings. The molecular weight excluding hydrogens is 404 g/mol. The molecule has 2 aliphatic heterocycles. The summed E-state index contributed by atoms with van der Waals surface area (Å²) in [7, 11) is 0. The highest BCUT2D eigenvalue weighted by molar-refractivity contribution is 5.75. The van der Waals surface area contributed by atoms with Crippen molar-refractivity contribution in [3.63, 3.8) is 0 Å². The Morgan fingerprint density at radius 1 is 1.00 bits per heavy atom. The molecule has 2 amide bonds. The van der Waals surface area contributed by atoms with E-state index >= 15 is 0 Å². The maximum absolute atomic E-state index is 13.1. The number of aryl methyl sites for hydroxylation is 1. The summed E-state index contributed by atoms with van der Waals surface area (Å²) in [5.41, 5.74) is 2.36. The summed E-state index contributed by atoms with van der Waals surface area (Å²) < 4.78 is 11.4. The molecule has 5 rings (SSSR count). The zero-order valence-electron chi connectivity index (χ0n) is 18.5. The number of carbonyl (C=O) groups excluding carboxylic acids is 1. The van der Waals surface area contributed by atoms with E-state index in [0.717, 1.165) is 68.7 Å². The summed E-state index contributed by atoms with van der Waals surface area (Å²) in [6, 6.07) is 13.6. The van der Waals surface area contributed by atoms with Crippen molar-refractivity contribution in [1.29, 1.82) is 0 Å². The molecule has 0 radical (unpaired) electrons. The third kappa shape index (κ3) is 4.95. The van der Waals surface area contributed by atoms with Crippen LogP contribution in [0.15, 0.2) is 42.5 Å². The highest BCUT2D eigenvalue weighted by Crippen LogP contribution is 2.43. The van der Waals surface area contributed by atoms with Gasteiger partial charge in [-0.15, -0.1) is 0 Å². The number of fused-ring (bicyclic) bond motifs is 1. The lowest BCUT2D eigenvalue weighted by Gasteiger charge is -2.33. The summed E-state index contributed by atoms with van der Waals surface area (Å²) >= 11 is 0. The fraction of sp³-hybridized carbons (Fsp3) is 0.500. The molecule has 1 atom stereocenters. The minimum atomic E-state index is 0.0329. The molecule has 1 saturated heterocycles. The van der Waals surface area contributed by atoms with E-state index in [2.05, 4.69) is 11.4 Å². The number of piperidine rings is 1. The Bertz CT molecular complexity index is 933. The van der Waals surface area contributed by atoms with E-state index in [4.69, 9.17) is 9.47 Å². The summed E-state index contributed by atoms with van der Waals surface area (Å²) in [6.45, 7) is 2.77. The number of likely N-dealkylation sites (tertiary alicyclic amines) is 1. The topological polar surface area (TPSA) is 71.0 Å². The number of hydrogen-bond donors (Lipinski definition) is 2. The monoisotopic (exact) mass is 436 g/mol. The van der Waals surface area contributed by atoms with E-state index in [1.807, 2.05) is 29.2 Å². The lowest BCUT2D eigenvalue weighted by atomic mass is 9.90. The molecule has 1 aliphatic carbocycles. The van der Waals surface area contributed by atoms with Gasteiger partial charge in [-0.05, 0) is 85.8 Å². The first-order valence-corrected chi connectivity index (χ1v) is 11.9. The molecule has 0 unspecified atom stereocenters. The number of ether oxygens (including phenoxy) is 2. The van der Waals surface area contributed by atoms with Gasteiger partial charge in [-0.25, -0.2) is 4.79 Å². The number of phenols is 1. The Balaban J connectivity index is 1.14. The van der Waals surface area contributed by atoms with Gasteiger partial charge >= 0.3 is 6.03 Å². The number of nitrogens with zero attached hydrogens (tertiary/aromatic N) is 1. The minimum Gasteiger partial charge on any atom is -0.508 e. The van der Waals surface area contributed by atoms with E-state index in [9.17, 15) is 9.90 Å². The van der Waals surface area contributed by atoms with Crippen molar-refractivity contribution in [1.82, 2.24) is 10.2 Å². The second-order valence-electron chi connectivity index (χ2n) is 9.30. The van der Waals surface area contributed by atoms with Crippen LogP contribution in [-0.2, 0) is 6.42 Å². The number of aromatic hydroxyl groups is 1. The van der Waals surface area contributed by atoms with Gasteiger partial charge in [-0.1, -0.05) is 18.2 Å². The Morgan fingerprint density at radius 3 is 2.44 bits per heavy atom. The van der Waals surface area contributed by atoms with Gasteiger partial charge in [0.15, 0.2) is 11.5 Å². The van der Waals surface area contributed by atoms with E-state index in [0.29, 0.717) is 30.8 Å². The van der Waals surface area contributed by atoms with E-state index in [1.54, 1.807) is 12.1 Å².